The van der Waals surface area contributed by atoms with Crippen LogP contribution in [0.5, 0.6) is 5.75 Å². The minimum atomic E-state index is -0.756. The van der Waals surface area contributed by atoms with Crippen molar-refractivity contribution >= 4 is 29.4 Å². The highest BCUT2D eigenvalue weighted by Crippen LogP contribution is 2.31. The van der Waals surface area contributed by atoms with Gasteiger partial charge in [0, 0.05) is 6.54 Å². The first-order valence-corrected chi connectivity index (χ1v) is 11.5. The summed E-state index contributed by atoms with van der Waals surface area (Å²) < 4.78 is 10.2. The van der Waals surface area contributed by atoms with E-state index in [0.29, 0.717) is 18.7 Å². The van der Waals surface area contributed by atoms with Crippen LogP contribution in [0.4, 0.5) is 5.69 Å². The summed E-state index contributed by atoms with van der Waals surface area (Å²) in [4.78, 5) is 51.7. The third-order valence-corrected chi connectivity index (χ3v) is 5.96. The first-order valence-electron chi connectivity index (χ1n) is 11.5. The van der Waals surface area contributed by atoms with Gasteiger partial charge in [0.15, 0.2) is 6.61 Å². The number of benzene rings is 3. The molecule has 0 radical (unpaired) electrons. The molecule has 8 nitrogen and oxygen atoms in total. The van der Waals surface area contributed by atoms with E-state index in [1.165, 1.54) is 18.2 Å². The molecule has 0 aromatic heterocycles. The quantitative estimate of drug-likeness (QED) is 0.385. The summed E-state index contributed by atoms with van der Waals surface area (Å²) in [6, 6.07) is 17.2. The summed E-state index contributed by atoms with van der Waals surface area (Å²) in [5.41, 5.74) is 3.67. The zero-order chi connectivity index (χ0) is 25.8. The smallest absolute Gasteiger partial charge is 0.338 e. The zero-order valence-corrected chi connectivity index (χ0v) is 20.3. The average Bonchev–Trinajstić information content (AvgIpc) is 3.13. The van der Waals surface area contributed by atoms with Crippen LogP contribution >= 0.6 is 0 Å². The van der Waals surface area contributed by atoms with Crippen molar-refractivity contribution in [3.8, 4) is 5.75 Å². The van der Waals surface area contributed by atoms with E-state index in [1.54, 1.807) is 13.2 Å². The molecule has 0 aliphatic carbocycles. The number of esters is 1. The molecule has 8 heteroatoms. The van der Waals surface area contributed by atoms with Gasteiger partial charge in [-0.2, -0.15) is 0 Å². The third kappa shape index (κ3) is 5.12. The van der Waals surface area contributed by atoms with E-state index in [0.717, 1.165) is 27.3 Å². The van der Waals surface area contributed by atoms with Gasteiger partial charge in [-0.05, 0) is 73.4 Å². The van der Waals surface area contributed by atoms with E-state index in [9.17, 15) is 19.2 Å². The standard InChI is InChI=1S/C28H26N2O6/c1-17-4-5-18(2)24(14-17)30-26(32)22-11-8-20(15-23(22)27(30)33)28(34)36-16-25(31)29-13-12-19-6-9-21(35-3)10-7-19/h4-11,14-15H,12-13,16H2,1-3H3,(H,29,31). The van der Waals surface area contributed by atoms with Gasteiger partial charge >= 0.3 is 5.97 Å². The highest BCUT2D eigenvalue weighted by atomic mass is 16.5. The summed E-state index contributed by atoms with van der Waals surface area (Å²) >= 11 is 0. The van der Waals surface area contributed by atoms with Gasteiger partial charge in [0.1, 0.15) is 5.75 Å². The predicted molar refractivity (Wildman–Crippen MR) is 133 cm³/mol. The van der Waals surface area contributed by atoms with Gasteiger partial charge in [-0.25, -0.2) is 9.69 Å². The number of hydrogen-bond acceptors (Lipinski definition) is 6. The Morgan fingerprint density at radius 1 is 0.889 bits per heavy atom. The molecular weight excluding hydrogens is 460 g/mol. The van der Waals surface area contributed by atoms with Crippen LogP contribution in [-0.2, 0) is 16.0 Å². The van der Waals surface area contributed by atoms with Gasteiger partial charge in [-0.1, -0.05) is 24.3 Å². The Kier molecular flexibility index (Phi) is 7.15. The van der Waals surface area contributed by atoms with Crippen molar-refractivity contribution in [2.24, 2.45) is 0 Å². The van der Waals surface area contributed by atoms with Crippen molar-refractivity contribution in [1.29, 1.82) is 0 Å². The highest BCUT2D eigenvalue weighted by molar-refractivity contribution is 6.35. The van der Waals surface area contributed by atoms with E-state index >= 15 is 0 Å². The second-order valence-electron chi connectivity index (χ2n) is 8.52. The molecule has 36 heavy (non-hydrogen) atoms. The molecule has 4 rings (SSSR count). The Morgan fingerprint density at radius 3 is 2.33 bits per heavy atom. The number of anilines is 1. The molecule has 0 atom stereocenters. The molecule has 1 aliphatic rings. The maximum absolute atomic E-state index is 13.1. The maximum Gasteiger partial charge on any atom is 0.338 e. The largest absolute Gasteiger partial charge is 0.497 e. The lowest BCUT2D eigenvalue weighted by Crippen LogP contribution is -2.30. The van der Waals surface area contributed by atoms with Crippen LogP contribution in [-0.4, -0.2) is 44.0 Å². The van der Waals surface area contributed by atoms with Crippen molar-refractivity contribution in [3.05, 3.63) is 94.0 Å². The number of fused-ring (bicyclic) bond motifs is 1. The Labute approximate surface area is 208 Å². The lowest BCUT2D eigenvalue weighted by Gasteiger charge is -2.17. The lowest BCUT2D eigenvalue weighted by atomic mass is 10.1. The van der Waals surface area contributed by atoms with Gasteiger partial charge in [-0.3, -0.25) is 14.4 Å². The molecule has 3 aromatic carbocycles. The molecule has 1 aliphatic heterocycles. The molecule has 1 heterocycles. The number of amides is 3. The summed E-state index contributed by atoms with van der Waals surface area (Å²) in [5, 5.41) is 2.70. The topological polar surface area (TPSA) is 102 Å². The van der Waals surface area contributed by atoms with Crippen LogP contribution in [0, 0.1) is 13.8 Å². The van der Waals surface area contributed by atoms with Crippen LogP contribution in [0.15, 0.2) is 60.7 Å². The number of hydrogen-bond donors (Lipinski definition) is 1. The minimum Gasteiger partial charge on any atom is -0.497 e. The monoisotopic (exact) mass is 486 g/mol. The number of imide groups is 1. The Balaban J connectivity index is 1.35. The van der Waals surface area contributed by atoms with Crippen LogP contribution in [0.3, 0.4) is 0 Å². The number of nitrogens with zero attached hydrogens (tertiary/aromatic N) is 1. The first-order chi connectivity index (χ1) is 17.3. The Morgan fingerprint density at radius 2 is 1.61 bits per heavy atom. The first kappa shape index (κ1) is 24.7. The van der Waals surface area contributed by atoms with Crippen molar-refractivity contribution < 1.29 is 28.7 Å². The fourth-order valence-corrected chi connectivity index (χ4v) is 3.95. The molecule has 0 unspecified atom stereocenters. The molecule has 0 saturated heterocycles. The number of carbonyl (C=O) groups is 4. The van der Waals surface area contributed by atoms with Crippen LogP contribution in [0.25, 0.3) is 0 Å². The van der Waals surface area contributed by atoms with Crippen LogP contribution in [0.1, 0.15) is 47.8 Å². The predicted octanol–water partition coefficient (Wildman–Crippen LogP) is 3.63. The average molecular weight is 487 g/mol. The van der Waals surface area contributed by atoms with Crippen molar-refractivity contribution in [2.75, 3.05) is 25.2 Å². The second-order valence-corrected chi connectivity index (χ2v) is 8.52. The summed E-state index contributed by atoms with van der Waals surface area (Å²) in [5.74, 6) is -1.39. The van der Waals surface area contributed by atoms with Gasteiger partial charge in [0.25, 0.3) is 17.7 Å². The maximum atomic E-state index is 13.1. The number of carbonyl (C=O) groups excluding carboxylic acids is 4. The second kappa shape index (κ2) is 10.4. The molecule has 3 amide bonds. The van der Waals surface area contributed by atoms with Crippen LogP contribution < -0.4 is 15.0 Å². The van der Waals surface area contributed by atoms with E-state index < -0.39 is 30.3 Å². The number of nitrogens with one attached hydrogen (secondary N) is 1. The third-order valence-electron chi connectivity index (χ3n) is 5.96. The minimum absolute atomic E-state index is 0.0868. The summed E-state index contributed by atoms with van der Waals surface area (Å²) in [6.07, 6.45) is 0.613. The number of aryl methyl sites for hydroxylation is 2. The number of rotatable bonds is 8. The summed E-state index contributed by atoms with van der Waals surface area (Å²) in [7, 11) is 1.59. The van der Waals surface area contributed by atoms with E-state index in [4.69, 9.17) is 9.47 Å². The molecule has 184 valence electrons. The number of methoxy groups -OCH3 is 1. The van der Waals surface area contributed by atoms with Gasteiger partial charge in [0.05, 0.1) is 29.5 Å². The molecule has 0 spiro atoms. The van der Waals surface area contributed by atoms with Gasteiger partial charge < -0.3 is 14.8 Å². The van der Waals surface area contributed by atoms with E-state index in [2.05, 4.69) is 5.32 Å². The molecule has 1 N–H and O–H groups in total. The van der Waals surface area contributed by atoms with E-state index in [-0.39, 0.29) is 16.7 Å². The van der Waals surface area contributed by atoms with Gasteiger partial charge in [0.2, 0.25) is 0 Å². The normalized spacial score (nSPS) is 12.4. The molecule has 0 fully saturated rings. The molecule has 0 bridgehead atoms. The zero-order valence-electron chi connectivity index (χ0n) is 20.3. The Bertz CT molecular complexity index is 1350. The summed E-state index contributed by atoms with van der Waals surface area (Å²) in [6.45, 7) is 3.63. The van der Waals surface area contributed by atoms with Gasteiger partial charge in [-0.15, -0.1) is 0 Å². The molecule has 0 saturated carbocycles. The SMILES string of the molecule is COc1ccc(CCNC(=O)COC(=O)c2ccc3c(c2)C(=O)N(c2cc(C)ccc2C)C3=O)cc1. The van der Waals surface area contributed by atoms with Crippen molar-refractivity contribution in [1.82, 2.24) is 5.32 Å². The van der Waals surface area contributed by atoms with Crippen molar-refractivity contribution in [3.63, 3.8) is 0 Å². The fraction of sp³-hybridized carbons (Fsp3) is 0.214. The van der Waals surface area contributed by atoms with E-state index in [1.807, 2.05) is 50.2 Å². The van der Waals surface area contributed by atoms with Crippen molar-refractivity contribution in [2.45, 2.75) is 20.3 Å². The lowest BCUT2D eigenvalue weighted by molar-refractivity contribution is -0.124. The molecular formula is C28H26N2O6. The number of ether oxygens (including phenoxy) is 2. The van der Waals surface area contributed by atoms with Crippen LogP contribution in [0.2, 0.25) is 0 Å². The highest BCUT2D eigenvalue weighted by Gasteiger charge is 2.38. The molecule has 3 aromatic rings. The Hall–Kier alpha value is -4.46. The fourth-order valence-electron chi connectivity index (χ4n) is 3.95.